The lowest BCUT2D eigenvalue weighted by Crippen LogP contribution is -2.22. The van der Waals surface area contributed by atoms with E-state index in [2.05, 4.69) is 18.0 Å². The molecule has 2 aromatic heterocycles. The highest BCUT2D eigenvalue weighted by Gasteiger charge is 2.26. The Balaban J connectivity index is 2.00. The van der Waals surface area contributed by atoms with Gasteiger partial charge in [-0.2, -0.15) is 0 Å². The van der Waals surface area contributed by atoms with E-state index in [0.29, 0.717) is 6.04 Å². The highest BCUT2D eigenvalue weighted by Crippen LogP contribution is 2.31. The van der Waals surface area contributed by atoms with Gasteiger partial charge in [-0.3, -0.25) is 4.90 Å². The smallest absolute Gasteiger partial charge is 0.137 e. The number of hydrogen-bond acceptors (Lipinski definition) is 2. The Morgan fingerprint density at radius 3 is 3.12 bits per heavy atom. The first-order valence-electron chi connectivity index (χ1n) is 6.16. The molecule has 1 aliphatic rings. The third-order valence-corrected chi connectivity index (χ3v) is 3.77. The van der Waals surface area contributed by atoms with E-state index in [1.54, 1.807) is 0 Å². The van der Waals surface area contributed by atoms with Crippen molar-refractivity contribution in [1.29, 1.82) is 0 Å². The van der Waals surface area contributed by atoms with Crippen LogP contribution in [0.2, 0.25) is 5.02 Å². The molecule has 3 nitrogen and oxygen atoms in total. The highest BCUT2D eigenvalue weighted by molar-refractivity contribution is 6.30. The van der Waals surface area contributed by atoms with Crippen LogP contribution in [0.15, 0.2) is 24.5 Å². The summed E-state index contributed by atoms with van der Waals surface area (Å²) in [5.41, 5.74) is 2.15. The molecule has 0 aromatic carbocycles. The van der Waals surface area contributed by atoms with E-state index in [1.807, 2.05) is 22.7 Å². The van der Waals surface area contributed by atoms with Crippen molar-refractivity contribution in [2.24, 2.45) is 0 Å². The van der Waals surface area contributed by atoms with Crippen LogP contribution in [0, 0.1) is 0 Å². The van der Waals surface area contributed by atoms with Crippen LogP contribution >= 0.6 is 11.6 Å². The summed E-state index contributed by atoms with van der Waals surface area (Å²) in [7, 11) is 0. The number of nitrogens with zero attached hydrogens (tertiary/aromatic N) is 3. The van der Waals surface area contributed by atoms with Crippen molar-refractivity contribution in [2.75, 3.05) is 13.1 Å². The predicted octanol–water partition coefficient (Wildman–Crippen LogP) is 3.14. The fourth-order valence-corrected chi connectivity index (χ4v) is 2.85. The van der Waals surface area contributed by atoms with Gasteiger partial charge in [0.25, 0.3) is 0 Å². The van der Waals surface area contributed by atoms with Crippen LogP contribution in [-0.4, -0.2) is 27.4 Å². The first-order valence-corrected chi connectivity index (χ1v) is 6.54. The van der Waals surface area contributed by atoms with E-state index in [1.165, 1.54) is 25.1 Å². The summed E-state index contributed by atoms with van der Waals surface area (Å²) < 4.78 is 2.02. The lowest BCUT2D eigenvalue weighted by molar-refractivity contribution is 0.268. The largest absolute Gasteiger partial charge is 0.305 e. The molecule has 1 unspecified atom stereocenters. The molecular weight excluding hydrogens is 234 g/mol. The van der Waals surface area contributed by atoms with Crippen molar-refractivity contribution in [1.82, 2.24) is 14.3 Å². The summed E-state index contributed by atoms with van der Waals surface area (Å²) >= 11 is 5.98. The number of aromatic nitrogens is 2. The van der Waals surface area contributed by atoms with Crippen molar-refractivity contribution >= 4 is 17.2 Å². The molecule has 17 heavy (non-hydrogen) atoms. The third kappa shape index (κ3) is 1.94. The standard InChI is InChI=1S/C13H16ClN3/c1-2-16-7-3-4-12(16)11-9-17-8-10(14)5-6-13(17)15-11/h5-6,8-9,12H,2-4,7H2,1H3. The Labute approximate surface area is 106 Å². The number of rotatable bonds is 2. The van der Waals surface area contributed by atoms with Gasteiger partial charge in [0.2, 0.25) is 0 Å². The molecule has 3 rings (SSSR count). The molecule has 0 saturated carbocycles. The molecule has 0 radical (unpaired) electrons. The zero-order valence-electron chi connectivity index (χ0n) is 9.93. The lowest BCUT2D eigenvalue weighted by atomic mass is 10.1. The second-order valence-corrected chi connectivity index (χ2v) is 5.00. The first-order chi connectivity index (χ1) is 8.28. The fraction of sp³-hybridized carbons (Fsp3) is 0.462. The van der Waals surface area contributed by atoms with Crippen LogP contribution in [0.3, 0.4) is 0 Å². The van der Waals surface area contributed by atoms with Gasteiger partial charge in [0, 0.05) is 12.4 Å². The van der Waals surface area contributed by atoms with Gasteiger partial charge < -0.3 is 4.40 Å². The lowest BCUT2D eigenvalue weighted by Gasteiger charge is -2.20. The molecule has 0 aliphatic carbocycles. The van der Waals surface area contributed by atoms with Gasteiger partial charge in [0.15, 0.2) is 0 Å². The zero-order chi connectivity index (χ0) is 11.8. The summed E-state index contributed by atoms with van der Waals surface area (Å²) in [5.74, 6) is 0. The van der Waals surface area contributed by atoms with Gasteiger partial charge in [-0.25, -0.2) is 4.98 Å². The molecule has 0 spiro atoms. The topological polar surface area (TPSA) is 20.5 Å². The summed E-state index contributed by atoms with van der Waals surface area (Å²) in [6.07, 6.45) is 6.51. The van der Waals surface area contributed by atoms with Gasteiger partial charge >= 0.3 is 0 Å². The maximum absolute atomic E-state index is 5.98. The minimum absolute atomic E-state index is 0.485. The fourth-order valence-electron chi connectivity index (χ4n) is 2.68. The number of likely N-dealkylation sites (tertiary alicyclic amines) is 1. The molecule has 3 heterocycles. The van der Waals surface area contributed by atoms with Crippen LogP contribution in [0.4, 0.5) is 0 Å². The summed E-state index contributed by atoms with van der Waals surface area (Å²) in [4.78, 5) is 7.19. The Morgan fingerprint density at radius 2 is 2.29 bits per heavy atom. The van der Waals surface area contributed by atoms with E-state index >= 15 is 0 Å². The normalized spacial score (nSPS) is 21.4. The van der Waals surface area contributed by atoms with Crippen molar-refractivity contribution in [3.63, 3.8) is 0 Å². The van der Waals surface area contributed by atoms with E-state index in [0.717, 1.165) is 17.2 Å². The van der Waals surface area contributed by atoms with Crippen molar-refractivity contribution < 1.29 is 0 Å². The summed E-state index contributed by atoms with van der Waals surface area (Å²) in [6.45, 7) is 4.50. The molecule has 1 saturated heterocycles. The molecule has 1 fully saturated rings. The van der Waals surface area contributed by atoms with Gasteiger partial charge in [-0.1, -0.05) is 18.5 Å². The van der Waals surface area contributed by atoms with Gasteiger partial charge in [0.1, 0.15) is 5.65 Å². The molecule has 90 valence electrons. The number of imidazole rings is 1. The maximum atomic E-state index is 5.98. The van der Waals surface area contributed by atoms with Crippen molar-refractivity contribution in [3.8, 4) is 0 Å². The second-order valence-electron chi connectivity index (χ2n) is 4.57. The molecule has 0 bridgehead atoms. The van der Waals surface area contributed by atoms with Crippen molar-refractivity contribution in [3.05, 3.63) is 35.2 Å². The molecule has 4 heteroatoms. The average molecular weight is 250 g/mol. The van der Waals surface area contributed by atoms with E-state index in [4.69, 9.17) is 16.6 Å². The third-order valence-electron chi connectivity index (χ3n) is 3.54. The van der Waals surface area contributed by atoms with E-state index < -0.39 is 0 Å². The molecule has 0 amide bonds. The number of pyridine rings is 1. The Kier molecular flexibility index (Phi) is 2.81. The number of halogens is 1. The van der Waals surface area contributed by atoms with Crippen LogP contribution in [0.5, 0.6) is 0 Å². The zero-order valence-corrected chi connectivity index (χ0v) is 10.7. The van der Waals surface area contributed by atoms with Gasteiger partial charge in [0.05, 0.1) is 16.8 Å². The predicted molar refractivity (Wildman–Crippen MR) is 69.4 cm³/mol. The van der Waals surface area contributed by atoms with Crippen LogP contribution in [0.25, 0.3) is 5.65 Å². The Morgan fingerprint density at radius 1 is 1.41 bits per heavy atom. The SMILES string of the molecule is CCN1CCCC1c1cn2cc(Cl)ccc2n1. The maximum Gasteiger partial charge on any atom is 0.137 e. The minimum Gasteiger partial charge on any atom is -0.305 e. The Hall–Kier alpha value is -1.06. The summed E-state index contributed by atoms with van der Waals surface area (Å²) in [5, 5.41) is 0.750. The highest BCUT2D eigenvalue weighted by atomic mass is 35.5. The van der Waals surface area contributed by atoms with Crippen LogP contribution < -0.4 is 0 Å². The second kappa shape index (κ2) is 4.31. The van der Waals surface area contributed by atoms with Gasteiger partial charge in [-0.05, 0) is 38.1 Å². The monoisotopic (exact) mass is 249 g/mol. The molecule has 1 aliphatic heterocycles. The average Bonchev–Trinajstić information content (AvgIpc) is 2.93. The molecule has 0 N–H and O–H groups in total. The number of hydrogen-bond donors (Lipinski definition) is 0. The van der Waals surface area contributed by atoms with Crippen molar-refractivity contribution in [2.45, 2.75) is 25.8 Å². The van der Waals surface area contributed by atoms with E-state index in [-0.39, 0.29) is 0 Å². The molecular formula is C13H16ClN3. The first kappa shape index (κ1) is 11.1. The van der Waals surface area contributed by atoms with Crippen LogP contribution in [0.1, 0.15) is 31.5 Å². The van der Waals surface area contributed by atoms with Gasteiger partial charge in [-0.15, -0.1) is 0 Å². The molecule has 2 aromatic rings. The minimum atomic E-state index is 0.485. The van der Waals surface area contributed by atoms with Crippen LogP contribution in [-0.2, 0) is 0 Å². The number of fused-ring (bicyclic) bond motifs is 1. The molecule has 1 atom stereocenters. The Bertz CT molecular complexity index is 534. The van der Waals surface area contributed by atoms with E-state index in [9.17, 15) is 0 Å². The summed E-state index contributed by atoms with van der Waals surface area (Å²) in [6, 6.07) is 4.34. The quantitative estimate of drug-likeness (QED) is 0.815.